The summed E-state index contributed by atoms with van der Waals surface area (Å²) in [6, 6.07) is 10.6. The molecule has 204 valence electrons. The molecule has 0 aliphatic carbocycles. The Balaban J connectivity index is 1.79. The maximum absolute atomic E-state index is 13.2. The van der Waals surface area contributed by atoms with Crippen molar-refractivity contribution in [2.45, 2.75) is 51.6 Å². The fraction of sp³-hybridized carbons (Fsp3) is 0.464. The Morgan fingerprint density at radius 3 is 2.63 bits per heavy atom. The fourth-order valence-corrected chi connectivity index (χ4v) is 4.17. The summed E-state index contributed by atoms with van der Waals surface area (Å²) in [5, 5.41) is 8.43. The number of amides is 4. The molecule has 3 N–H and O–H groups in total. The first-order valence-electron chi connectivity index (χ1n) is 13.0. The van der Waals surface area contributed by atoms with Gasteiger partial charge in [-0.05, 0) is 43.0 Å². The molecule has 0 radical (unpaired) electrons. The number of rotatable bonds is 6. The van der Waals surface area contributed by atoms with Crippen LogP contribution in [0.4, 0.5) is 0 Å². The standard InChI is InChI=1S/C28H37N5O5/c1-19(2)18-23-28(37)33(3)16-17-38-24-10-5-4-9-21(24)26(35)32-22(11-12-25(34)31-23)27(36)30-15-13-20-8-6-7-14-29-20/h4-10,14,19,22-23H,11-13,15-18H2,1-3H3,(H,30,36)(H,31,34)(H,32,35)/t22-,23-/m0/s1. The number of hydrogen-bond acceptors (Lipinski definition) is 6. The van der Waals surface area contributed by atoms with E-state index in [1.54, 1.807) is 37.5 Å². The van der Waals surface area contributed by atoms with Gasteiger partial charge in [0.05, 0.1) is 12.1 Å². The molecule has 1 aromatic heterocycles. The Labute approximate surface area is 223 Å². The minimum Gasteiger partial charge on any atom is -0.491 e. The second-order valence-electron chi connectivity index (χ2n) is 9.78. The highest BCUT2D eigenvalue weighted by molar-refractivity contribution is 5.99. The zero-order valence-electron chi connectivity index (χ0n) is 22.2. The lowest BCUT2D eigenvalue weighted by Gasteiger charge is -2.26. The van der Waals surface area contributed by atoms with Crippen molar-refractivity contribution in [3.05, 3.63) is 59.9 Å². The molecule has 2 aromatic rings. The first-order chi connectivity index (χ1) is 18.2. The monoisotopic (exact) mass is 523 g/mol. The SMILES string of the molecule is CC(C)C[C@@H]1NC(=O)CC[C@@H](C(=O)NCCc2ccccn2)NC(=O)c2ccccc2OCCN(C)C1=O. The van der Waals surface area contributed by atoms with Crippen molar-refractivity contribution in [1.82, 2.24) is 25.8 Å². The van der Waals surface area contributed by atoms with Crippen molar-refractivity contribution in [3.63, 3.8) is 0 Å². The first-order valence-corrected chi connectivity index (χ1v) is 13.0. The number of ether oxygens (including phenoxy) is 1. The second kappa shape index (κ2) is 14.1. The van der Waals surface area contributed by atoms with Crippen LogP contribution in [0.5, 0.6) is 5.75 Å². The van der Waals surface area contributed by atoms with E-state index in [1.165, 1.54) is 4.90 Å². The largest absolute Gasteiger partial charge is 0.491 e. The van der Waals surface area contributed by atoms with Gasteiger partial charge >= 0.3 is 0 Å². The summed E-state index contributed by atoms with van der Waals surface area (Å²) in [5.74, 6) is -0.925. The maximum Gasteiger partial charge on any atom is 0.255 e. The molecular formula is C28H37N5O5. The van der Waals surface area contributed by atoms with E-state index in [4.69, 9.17) is 4.74 Å². The van der Waals surface area contributed by atoms with Crippen molar-refractivity contribution in [3.8, 4) is 5.75 Å². The third-order valence-corrected chi connectivity index (χ3v) is 6.22. The van der Waals surface area contributed by atoms with Crippen molar-refractivity contribution in [2.24, 2.45) is 5.92 Å². The predicted molar refractivity (Wildman–Crippen MR) is 142 cm³/mol. The van der Waals surface area contributed by atoms with E-state index in [0.717, 1.165) is 5.69 Å². The van der Waals surface area contributed by atoms with Gasteiger partial charge in [-0.15, -0.1) is 0 Å². The summed E-state index contributed by atoms with van der Waals surface area (Å²) < 4.78 is 5.85. The van der Waals surface area contributed by atoms with E-state index in [9.17, 15) is 19.2 Å². The molecule has 2 heterocycles. The van der Waals surface area contributed by atoms with E-state index in [-0.39, 0.29) is 49.3 Å². The zero-order valence-corrected chi connectivity index (χ0v) is 22.2. The normalized spacial score (nSPS) is 19.4. The van der Waals surface area contributed by atoms with Crippen molar-refractivity contribution < 1.29 is 23.9 Å². The molecule has 1 aliphatic heterocycles. The molecule has 38 heavy (non-hydrogen) atoms. The number of nitrogens with one attached hydrogen (secondary N) is 3. The van der Waals surface area contributed by atoms with Gasteiger partial charge in [0.1, 0.15) is 24.4 Å². The smallest absolute Gasteiger partial charge is 0.255 e. The van der Waals surface area contributed by atoms with Gasteiger partial charge in [-0.1, -0.05) is 32.0 Å². The second-order valence-corrected chi connectivity index (χ2v) is 9.78. The molecule has 0 saturated carbocycles. The van der Waals surface area contributed by atoms with Crippen LogP contribution < -0.4 is 20.7 Å². The average molecular weight is 524 g/mol. The van der Waals surface area contributed by atoms with Gasteiger partial charge in [0.25, 0.3) is 5.91 Å². The Morgan fingerprint density at radius 2 is 1.89 bits per heavy atom. The Morgan fingerprint density at radius 1 is 1.13 bits per heavy atom. The fourth-order valence-electron chi connectivity index (χ4n) is 4.17. The first kappa shape index (κ1) is 28.6. The van der Waals surface area contributed by atoms with Crippen LogP contribution >= 0.6 is 0 Å². The molecule has 4 amide bonds. The molecule has 10 heteroatoms. The topological polar surface area (TPSA) is 130 Å². The van der Waals surface area contributed by atoms with Crippen LogP contribution in [-0.2, 0) is 20.8 Å². The number of nitrogens with zero attached hydrogens (tertiary/aromatic N) is 2. The van der Waals surface area contributed by atoms with Crippen LogP contribution in [0.1, 0.15) is 49.2 Å². The van der Waals surface area contributed by atoms with Gasteiger partial charge in [-0.2, -0.15) is 0 Å². The number of fused-ring (bicyclic) bond motifs is 1. The summed E-state index contributed by atoms with van der Waals surface area (Å²) in [6.07, 6.45) is 2.71. The number of hydrogen-bond donors (Lipinski definition) is 3. The maximum atomic E-state index is 13.2. The molecule has 3 rings (SSSR count). The lowest BCUT2D eigenvalue weighted by molar-refractivity contribution is -0.136. The number of para-hydroxylation sites is 1. The lowest BCUT2D eigenvalue weighted by Crippen LogP contribution is -2.50. The van der Waals surface area contributed by atoms with Crippen LogP contribution in [0.15, 0.2) is 48.7 Å². The highest BCUT2D eigenvalue weighted by Gasteiger charge is 2.28. The van der Waals surface area contributed by atoms with Gasteiger partial charge in [0.2, 0.25) is 17.7 Å². The number of carbonyl (C=O) groups excluding carboxylic acids is 4. The Hall–Kier alpha value is -3.95. The average Bonchev–Trinajstić information content (AvgIpc) is 2.90. The van der Waals surface area contributed by atoms with Crippen molar-refractivity contribution in [1.29, 1.82) is 0 Å². The summed E-state index contributed by atoms with van der Waals surface area (Å²) in [6.45, 7) is 4.73. The van der Waals surface area contributed by atoms with Crippen LogP contribution in [0.3, 0.4) is 0 Å². The molecule has 1 aliphatic rings. The number of benzene rings is 1. The van der Waals surface area contributed by atoms with E-state index < -0.39 is 23.9 Å². The van der Waals surface area contributed by atoms with Gasteiger partial charge in [-0.3, -0.25) is 24.2 Å². The number of likely N-dealkylation sites (N-methyl/N-ethyl adjacent to an activating group) is 1. The molecular weight excluding hydrogens is 486 g/mol. The van der Waals surface area contributed by atoms with Gasteiger partial charge in [0.15, 0.2) is 0 Å². The number of carbonyl (C=O) groups is 4. The molecule has 0 spiro atoms. The van der Waals surface area contributed by atoms with Gasteiger partial charge in [-0.25, -0.2) is 0 Å². The molecule has 0 fully saturated rings. The molecule has 2 atom stereocenters. The van der Waals surface area contributed by atoms with Gasteiger partial charge < -0.3 is 25.6 Å². The molecule has 0 bridgehead atoms. The predicted octanol–water partition coefficient (Wildman–Crippen LogP) is 1.70. The minimum atomic E-state index is -0.961. The van der Waals surface area contributed by atoms with Crippen LogP contribution in [0.25, 0.3) is 0 Å². The third-order valence-electron chi connectivity index (χ3n) is 6.22. The highest BCUT2D eigenvalue weighted by Crippen LogP contribution is 2.19. The molecule has 1 aromatic carbocycles. The van der Waals surface area contributed by atoms with E-state index in [0.29, 0.717) is 25.1 Å². The minimum absolute atomic E-state index is 0.0393. The van der Waals surface area contributed by atoms with Crippen LogP contribution in [0.2, 0.25) is 0 Å². The number of aromatic nitrogens is 1. The highest BCUT2D eigenvalue weighted by atomic mass is 16.5. The van der Waals surface area contributed by atoms with E-state index in [2.05, 4.69) is 20.9 Å². The summed E-state index contributed by atoms with van der Waals surface area (Å²) in [5.41, 5.74) is 1.10. The van der Waals surface area contributed by atoms with Gasteiger partial charge in [0, 0.05) is 38.3 Å². The summed E-state index contributed by atoms with van der Waals surface area (Å²) in [7, 11) is 1.66. The summed E-state index contributed by atoms with van der Waals surface area (Å²) >= 11 is 0. The number of pyridine rings is 1. The summed E-state index contributed by atoms with van der Waals surface area (Å²) in [4.78, 5) is 58.0. The van der Waals surface area contributed by atoms with Crippen molar-refractivity contribution >= 4 is 23.6 Å². The molecule has 0 saturated heterocycles. The van der Waals surface area contributed by atoms with Crippen molar-refractivity contribution in [2.75, 3.05) is 26.7 Å². The Kier molecular flexibility index (Phi) is 10.6. The van der Waals surface area contributed by atoms with Crippen LogP contribution in [-0.4, -0.2) is 72.3 Å². The van der Waals surface area contributed by atoms with E-state index >= 15 is 0 Å². The molecule has 0 unspecified atom stereocenters. The Bertz CT molecular complexity index is 1110. The zero-order chi connectivity index (χ0) is 27.5. The molecule has 10 nitrogen and oxygen atoms in total. The van der Waals surface area contributed by atoms with E-state index in [1.807, 2.05) is 32.0 Å². The lowest BCUT2D eigenvalue weighted by atomic mass is 10.0. The third kappa shape index (κ3) is 8.57. The van der Waals surface area contributed by atoms with Crippen LogP contribution in [0, 0.1) is 5.92 Å². The quantitative estimate of drug-likeness (QED) is 0.529.